The SMILES string of the molecule is COc1ccc(C(=O)NC(C)(C)COc2cccc3nc(C)c(C(=O)O)c(N)c23)cc1OCCCO. The summed E-state index contributed by atoms with van der Waals surface area (Å²) in [6.07, 6.45) is 0.450. The van der Waals surface area contributed by atoms with E-state index in [2.05, 4.69) is 10.3 Å². The van der Waals surface area contributed by atoms with Crippen LogP contribution < -0.4 is 25.3 Å². The van der Waals surface area contributed by atoms with Gasteiger partial charge in [0.25, 0.3) is 5.91 Å². The van der Waals surface area contributed by atoms with Crippen LogP contribution in [0.25, 0.3) is 10.9 Å². The van der Waals surface area contributed by atoms with Crippen molar-refractivity contribution in [1.82, 2.24) is 10.3 Å². The van der Waals surface area contributed by atoms with Crippen molar-refractivity contribution in [3.8, 4) is 17.2 Å². The van der Waals surface area contributed by atoms with Crippen molar-refractivity contribution >= 4 is 28.5 Å². The van der Waals surface area contributed by atoms with Gasteiger partial charge in [0, 0.05) is 18.6 Å². The number of aryl methyl sites for hydroxylation is 1. The van der Waals surface area contributed by atoms with Crippen LogP contribution in [0.15, 0.2) is 36.4 Å². The third-order valence-electron chi connectivity index (χ3n) is 5.43. The number of aromatic nitrogens is 1. The number of carboxylic acids is 1. The zero-order chi connectivity index (χ0) is 26.5. The van der Waals surface area contributed by atoms with Gasteiger partial charge in [0.1, 0.15) is 17.9 Å². The summed E-state index contributed by atoms with van der Waals surface area (Å²) < 4.78 is 16.9. The van der Waals surface area contributed by atoms with Crippen LogP contribution in [0.5, 0.6) is 17.2 Å². The minimum Gasteiger partial charge on any atom is -0.493 e. The number of aliphatic hydroxyl groups is 1. The average molecular weight is 498 g/mol. The Kier molecular flexibility index (Phi) is 8.21. The summed E-state index contributed by atoms with van der Waals surface area (Å²) in [5.41, 5.74) is 6.59. The molecule has 36 heavy (non-hydrogen) atoms. The average Bonchev–Trinajstić information content (AvgIpc) is 2.82. The van der Waals surface area contributed by atoms with Gasteiger partial charge in [-0.3, -0.25) is 9.78 Å². The van der Waals surface area contributed by atoms with E-state index in [1.54, 1.807) is 57.2 Å². The lowest BCUT2D eigenvalue weighted by Crippen LogP contribution is -2.47. The van der Waals surface area contributed by atoms with Crippen molar-refractivity contribution < 1.29 is 34.0 Å². The lowest BCUT2D eigenvalue weighted by Gasteiger charge is -2.27. The van der Waals surface area contributed by atoms with Crippen molar-refractivity contribution in [3.63, 3.8) is 0 Å². The number of pyridine rings is 1. The first-order chi connectivity index (χ1) is 17.1. The fourth-order valence-electron chi connectivity index (χ4n) is 3.68. The summed E-state index contributed by atoms with van der Waals surface area (Å²) in [7, 11) is 1.50. The Bertz CT molecular complexity index is 1270. The maximum atomic E-state index is 13.0. The molecule has 1 amide bonds. The number of methoxy groups -OCH3 is 1. The predicted molar refractivity (Wildman–Crippen MR) is 135 cm³/mol. The van der Waals surface area contributed by atoms with E-state index in [1.165, 1.54) is 7.11 Å². The van der Waals surface area contributed by atoms with E-state index >= 15 is 0 Å². The number of rotatable bonds is 11. The van der Waals surface area contributed by atoms with Crippen molar-refractivity contribution in [2.45, 2.75) is 32.7 Å². The summed E-state index contributed by atoms with van der Waals surface area (Å²) in [5.74, 6) is -0.269. The Morgan fingerprint density at radius 3 is 2.53 bits per heavy atom. The van der Waals surface area contributed by atoms with Crippen molar-refractivity contribution in [1.29, 1.82) is 0 Å². The van der Waals surface area contributed by atoms with Crippen molar-refractivity contribution in [3.05, 3.63) is 53.2 Å². The summed E-state index contributed by atoms with van der Waals surface area (Å²) >= 11 is 0. The molecule has 3 rings (SSSR count). The highest BCUT2D eigenvalue weighted by atomic mass is 16.5. The number of aromatic carboxylic acids is 1. The Labute approximate surface area is 209 Å². The second-order valence-corrected chi connectivity index (χ2v) is 8.86. The van der Waals surface area contributed by atoms with Gasteiger partial charge < -0.3 is 35.5 Å². The van der Waals surface area contributed by atoms with Crippen LogP contribution in [0.4, 0.5) is 5.69 Å². The number of hydrogen-bond acceptors (Lipinski definition) is 8. The predicted octanol–water partition coefficient (Wildman–Crippen LogP) is 3.18. The number of benzene rings is 2. The van der Waals surface area contributed by atoms with Crippen LogP contribution >= 0.6 is 0 Å². The molecule has 10 heteroatoms. The minimum atomic E-state index is -1.17. The summed E-state index contributed by atoms with van der Waals surface area (Å²) in [4.78, 5) is 29.0. The molecule has 2 aromatic carbocycles. The molecule has 0 radical (unpaired) electrons. The second kappa shape index (κ2) is 11.1. The highest BCUT2D eigenvalue weighted by Gasteiger charge is 2.25. The van der Waals surface area contributed by atoms with Gasteiger partial charge in [-0.1, -0.05) is 6.07 Å². The molecule has 0 saturated carbocycles. The number of carbonyl (C=O) groups is 2. The Hall–Kier alpha value is -4.05. The first kappa shape index (κ1) is 26.6. The maximum Gasteiger partial charge on any atom is 0.339 e. The highest BCUT2D eigenvalue weighted by Crippen LogP contribution is 2.34. The number of aliphatic hydroxyl groups excluding tert-OH is 1. The van der Waals surface area contributed by atoms with Crippen molar-refractivity contribution in [2.75, 3.05) is 32.7 Å². The number of ether oxygens (including phenoxy) is 3. The molecule has 0 aliphatic rings. The van der Waals surface area contributed by atoms with Gasteiger partial charge >= 0.3 is 5.97 Å². The number of carboxylic acid groups (broad SMARTS) is 1. The van der Waals surface area contributed by atoms with E-state index < -0.39 is 11.5 Å². The minimum absolute atomic E-state index is 0.00762. The van der Waals surface area contributed by atoms with Crippen LogP contribution in [-0.2, 0) is 0 Å². The molecule has 5 N–H and O–H groups in total. The molecule has 0 aliphatic heterocycles. The molecule has 0 fully saturated rings. The van der Waals surface area contributed by atoms with Gasteiger partial charge in [-0.05, 0) is 51.1 Å². The Balaban J connectivity index is 1.78. The van der Waals surface area contributed by atoms with Crippen molar-refractivity contribution in [2.24, 2.45) is 0 Å². The third kappa shape index (κ3) is 5.95. The van der Waals surface area contributed by atoms with E-state index in [0.29, 0.717) is 45.8 Å². The van der Waals surface area contributed by atoms with Crippen LogP contribution in [0, 0.1) is 6.92 Å². The number of nitrogens with two attached hydrogens (primary N) is 1. The first-order valence-electron chi connectivity index (χ1n) is 11.4. The molecule has 192 valence electrons. The molecule has 0 aliphatic carbocycles. The molecule has 0 unspecified atom stereocenters. The van der Waals surface area contributed by atoms with E-state index in [1.807, 2.05) is 0 Å². The molecule has 3 aromatic rings. The van der Waals surface area contributed by atoms with Gasteiger partial charge in [-0.15, -0.1) is 0 Å². The number of hydrogen-bond donors (Lipinski definition) is 4. The number of anilines is 1. The number of nitrogens with one attached hydrogen (secondary N) is 1. The number of nitrogen functional groups attached to an aromatic ring is 1. The van der Waals surface area contributed by atoms with Crippen LogP contribution in [-0.4, -0.2) is 59.5 Å². The topological polar surface area (TPSA) is 153 Å². The molecular weight excluding hydrogens is 466 g/mol. The van der Waals surface area contributed by atoms with Crippen LogP contribution in [0.3, 0.4) is 0 Å². The standard InChI is InChI=1S/C26H31N3O7/c1-15-21(25(32)33)23(27)22-17(28-15)7-5-8-19(22)36-14-26(2,3)29-24(31)16-9-10-18(34-4)20(13-16)35-12-6-11-30/h5,7-10,13,30H,6,11-12,14H2,1-4H3,(H2,27,28)(H,29,31)(H,32,33). The van der Waals surface area contributed by atoms with Crippen LogP contribution in [0.1, 0.15) is 46.7 Å². The van der Waals surface area contributed by atoms with Gasteiger partial charge in [0.05, 0.1) is 41.5 Å². The van der Waals surface area contributed by atoms with Gasteiger partial charge in [0.2, 0.25) is 0 Å². The first-order valence-corrected chi connectivity index (χ1v) is 11.4. The quantitative estimate of drug-likeness (QED) is 0.293. The summed E-state index contributed by atoms with van der Waals surface area (Å²) in [5, 5.41) is 21.9. The molecule has 0 spiro atoms. The summed E-state index contributed by atoms with van der Waals surface area (Å²) in [6, 6.07) is 9.99. The number of carbonyl (C=O) groups excluding carboxylic acids is 1. The smallest absolute Gasteiger partial charge is 0.339 e. The normalized spacial score (nSPS) is 11.2. The molecule has 0 saturated heterocycles. The third-order valence-corrected chi connectivity index (χ3v) is 5.43. The van der Waals surface area contributed by atoms with E-state index in [-0.39, 0.29) is 37.0 Å². The highest BCUT2D eigenvalue weighted by molar-refractivity contribution is 6.06. The Morgan fingerprint density at radius 1 is 1.11 bits per heavy atom. The van der Waals surface area contributed by atoms with Gasteiger partial charge in [0.15, 0.2) is 11.5 Å². The fraction of sp³-hybridized carbons (Fsp3) is 0.346. The van der Waals surface area contributed by atoms with Crippen LogP contribution in [0.2, 0.25) is 0 Å². The van der Waals surface area contributed by atoms with E-state index in [9.17, 15) is 14.7 Å². The molecule has 1 aromatic heterocycles. The van der Waals surface area contributed by atoms with Gasteiger partial charge in [-0.25, -0.2) is 4.79 Å². The molecule has 0 bridgehead atoms. The molecule has 10 nitrogen and oxygen atoms in total. The zero-order valence-corrected chi connectivity index (χ0v) is 20.8. The Morgan fingerprint density at radius 2 is 1.86 bits per heavy atom. The van der Waals surface area contributed by atoms with E-state index in [0.717, 1.165) is 0 Å². The largest absolute Gasteiger partial charge is 0.493 e. The maximum absolute atomic E-state index is 13.0. The monoisotopic (exact) mass is 497 g/mol. The summed E-state index contributed by atoms with van der Waals surface area (Å²) in [6.45, 7) is 5.53. The second-order valence-electron chi connectivity index (χ2n) is 8.86. The zero-order valence-electron chi connectivity index (χ0n) is 20.8. The molecular formula is C26H31N3O7. The van der Waals surface area contributed by atoms with E-state index in [4.69, 9.17) is 25.1 Å². The fourth-order valence-corrected chi connectivity index (χ4v) is 3.68. The van der Waals surface area contributed by atoms with Gasteiger partial charge in [-0.2, -0.15) is 0 Å². The lowest BCUT2D eigenvalue weighted by molar-refractivity contribution is 0.0696. The molecule has 0 atom stereocenters. The number of amides is 1. The molecule has 1 heterocycles. The number of nitrogens with zero attached hydrogens (tertiary/aromatic N) is 1. The number of fused-ring (bicyclic) bond motifs is 1. The lowest BCUT2D eigenvalue weighted by atomic mass is 10.0.